The number of fused-ring (bicyclic) bond motifs is 3. The maximum absolute atomic E-state index is 15.3. The fraction of sp³-hybridized carbons (Fsp3) is 0.633. The Morgan fingerprint density at radius 1 is 1.06 bits per heavy atom. The minimum absolute atomic E-state index is 0.0316. The normalized spacial score (nSPS) is 28.0. The van der Waals surface area contributed by atoms with Crippen molar-refractivity contribution in [3.8, 4) is 22.2 Å². The molecule has 1 N–H and O–H groups in total. The van der Waals surface area contributed by atoms with Crippen LogP contribution in [0.5, 0.6) is 11.6 Å². The van der Waals surface area contributed by atoms with Crippen LogP contribution in [0.3, 0.4) is 0 Å². The van der Waals surface area contributed by atoms with Crippen LogP contribution in [0.4, 0.5) is 0 Å². The van der Waals surface area contributed by atoms with Gasteiger partial charge in [-0.3, -0.25) is 23.9 Å². The van der Waals surface area contributed by atoms with Gasteiger partial charge in [0, 0.05) is 46.2 Å². The summed E-state index contributed by atoms with van der Waals surface area (Å²) in [7, 11) is -2.37. The number of nitrogens with one attached hydrogen (secondary N) is 1. The number of allylic oxidation sites excluding steroid dienone is 2. The van der Waals surface area contributed by atoms with E-state index in [4.69, 9.17) is 24.2 Å². The SMILES string of the molecule is CC[C@@H]1C[C@H](C)CC/C=C\[C@@H]2C[C@@]2(C(=O)NS(=O)(=O)C2(C)CC2)CC(=O)[C@@H]2C[C@@H](Oc3ncc(-c4nc(C(C)(C)C)cs4)c4cc(OC)ccc34)CN2C(=O)[C@H]1CC(=O)OC(C)(C)C. The molecular formula is C49H66N4O9S2. The van der Waals surface area contributed by atoms with Crippen molar-refractivity contribution in [1.82, 2.24) is 19.6 Å². The van der Waals surface area contributed by atoms with Crippen LogP contribution in [0.25, 0.3) is 21.3 Å². The molecule has 7 rings (SSSR count). The number of esters is 1. The minimum atomic E-state index is -3.98. The number of rotatable bonds is 10. The van der Waals surface area contributed by atoms with Crippen LogP contribution in [0.1, 0.15) is 132 Å². The first-order chi connectivity index (χ1) is 30.0. The van der Waals surface area contributed by atoms with Gasteiger partial charge in [0.25, 0.3) is 0 Å². The van der Waals surface area contributed by atoms with Crippen LogP contribution in [0.2, 0.25) is 0 Å². The number of hydrogen-bond acceptors (Lipinski definition) is 12. The van der Waals surface area contributed by atoms with E-state index in [1.165, 1.54) is 11.3 Å². The number of methoxy groups -OCH3 is 1. The molecule has 2 amide bonds. The maximum Gasteiger partial charge on any atom is 0.307 e. The van der Waals surface area contributed by atoms with Crippen molar-refractivity contribution in [2.75, 3.05) is 13.7 Å². The maximum atomic E-state index is 15.3. The second-order valence-corrected chi connectivity index (χ2v) is 24.1. The van der Waals surface area contributed by atoms with Crippen molar-refractivity contribution in [1.29, 1.82) is 0 Å². The van der Waals surface area contributed by atoms with Gasteiger partial charge in [0.15, 0.2) is 5.78 Å². The molecule has 2 saturated carbocycles. The van der Waals surface area contributed by atoms with Gasteiger partial charge in [-0.15, -0.1) is 11.3 Å². The molecule has 348 valence electrons. The number of pyridine rings is 1. The minimum Gasteiger partial charge on any atom is -0.497 e. The number of amides is 2. The molecule has 64 heavy (non-hydrogen) atoms. The Balaban J connectivity index is 1.26. The van der Waals surface area contributed by atoms with Gasteiger partial charge in [-0.25, -0.2) is 18.4 Å². The van der Waals surface area contributed by atoms with Crippen molar-refractivity contribution in [2.24, 2.45) is 29.1 Å². The Morgan fingerprint density at radius 3 is 2.44 bits per heavy atom. The lowest BCUT2D eigenvalue weighted by atomic mass is 9.79. The number of ketones is 1. The zero-order valence-corrected chi connectivity index (χ0v) is 40.7. The van der Waals surface area contributed by atoms with E-state index in [9.17, 15) is 22.8 Å². The number of Topliss-reactive ketones (excluding diaryl/α,β-unsaturated/α-hetero) is 1. The van der Waals surface area contributed by atoms with Crippen molar-refractivity contribution >= 4 is 55.7 Å². The van der Waals surface area contributed by atoms with E-state index in [2.05, 4.69) is 37.8 Å². The van der Waals surface area contributed by atoms with Gasteiger partial charge < -0.3 is 19.1 Å². The Morgan fingerprint density at radius 2 is 1.80 bits per heavy atom. The molecule has 7 atom stereocenters. The summed E-state index contributed by atoms with van der Waals surface area (Å²) in [4.78, 5) is 69.3. The van der Waals surface area contributed by atoms with Crippen LogP contribution in [-0.4, -0.2) is 83.0 Å². The van der Waals surface area contributed by atoms with Gasteiger partial charge in [-0.2, -0.15) is 0 Å². The number of benzene rings is 1. The highest BCUT2D eigenvalue weighted by Gasteiger charge is 2.63. The molecule has 1 saturated heterocycles. The zero-order valence-electron chi connectivity index (χ0n) is 39.1. The van der Waals surface area contributed by atoms with E-state index < -0.39 is 55.7 Å². The number of carbonyl (C=O) groups excluding carboxylic acids is 4. The summed E-state index contributed by atoms with van der Waals surface area (Å²) < 4.78 is 46.3. The summed E-state index contributed by atoms with van der Waals surface area (Å²) in [5.41, 5.74) is -0.435. The number of thiazole rings is 1. The monoisotopic (exact) mass is 918 g/mol. The highest BCUT2D eigenvalue weighted by molar-refractivity contribution is 7.91. The second-order valence-electron chi connectivity index (χ2n) is 21.1. The molecule has 1 aromatic carbocycles. The van der Waals surface area contributed by atoms with Crippen LogP contribution in [-0.2, 0) is 39.4 Å². The first-order valence-electron chi connectivity index (χ1n) is 22.9. The van der Waals surface area contributed by atoms with E-state index in [0.717, 1.165) is 28.1 Å². The number of aromatic nitrogens is 2. The molecule has 0 radical (unpaired) electrons. The molecule has 2 aliphatic carbocycles. The molecule has 4 heterocycles. The highest BCUT2D eigenvalue weighted by atomic mass is 32.2. The van der Waals surface area contributed by atoms with Crippen LogP contribution in [0.15, 0.2) is 41.9 Å². The van der Waals surface area contributed by atoms with E-state index in [0.29, 0.717) is 55.5 Å². The third kappa shape index (κ3) is 10.0. The highest BCUT2D eigenvalue weighted by Crippen LogP contribution is 2.58. The summed E-state index contributed by atoms with van der Waals surface area (Å²) in [6, 6.07) is 4.62. The standard InChI is InChI=1S/C49H66N4O9S2/c1-11-30-20-29(2)14-12-13-15-31-24-49(31,45(57)52-64(58,59)48(9)18-19-48)25-39(54)38-22-33(27-53(38)44(56)35(30)23-41(55)62-47(6,7)8)61-42-34-17-16-32(60-10)21-36(34)37(26-50-42)43-51-40(28-63-43)46(3,4)5/h13,15-17,21,26,28-31,33,35,38H,11-12,14,18-20,22-25,27H2,1-10H3,(H,52,57)/b15-13-/t29-,30-,31-,33-,35+,38+,49-/m1/s1. The average molecular weight is 919 g/mol. The number of ether oxygens (including phenoxy) is 3. The third-order valence-electron chi connectivity index (χ3n) is 13.8. The summed E-state index contributed by atoms with van der Waals surface area (Å²) in [6.07, 6.45) is 8.79. The quantitative estimate of drug-likeness (QED) is 0.152. The topological polar surface area (TPSA) is 171 Å². The lowest BCUT2D eigenvalue weighted by molar-refractivity contribution is -0.160. The molecular weight excluding hydrogens is 853 g/mol. The molecule has 4 aliphatic rings. The molecule has 3 aromatic rings. The van der Waals surface area contributed by atoms with Crippen molar-refractivity contribution in [3.63, 3.8) is 0 Å². The largest absolute Gasteiger partial charge is 0.497 e. The van der Waals surface area contributed by atoms with Crippen molar-refractivity contribution in [3.05, 3.63) is 47.6 Å². The van der Waals surface area contributed by atoms with E-state index in [1.807, 2.05) is 37.3 Å². The first-order valence-corrected chi connectivity index (χ1v) is 25.2. The summed E-state index contributed by atoms with van der Waals surface area (Å²) >= 11 is 1.53. The van der Waals surface area contributed by atoms with Crippen molar-refractivity contribution in [2.45, 2.75) is 154 Å². The Bertz CT molecular complexity index is 2430. The first kappa shape index (κ1) is 47.6. The van der Waals surface area contributed by atoms with Crippen LogP contribution < -0.4 is 14.2 Å². The van der Waals surface area contributed by atoms with Crippen molar-refractivity contribution < 1.29 is 41.8 Å². The summed E-state index contributed by atoms with van der Waals surface area (Å²) in [5.74, 6) is -2.02. The Labute approximate surface area is 382 Å². The number of sulfonamides is 1. The molecule has 0 spiro atoms. The number of hydrogen-bond donors (Lipinski definition) is 1. The smallest absolute Gasteiger partial charge is 0.307 e. The molecule has 0 unspecified atom stereocenters. The lowest BCUT2D eigenvalue weighted by Crippen LogP contribution is -2.48. The predicted octanol–water partition coefficient (Wildman–Crippen LogP) is 8.73. The average Bonchev–Trinajstić information content (AvgIpc) is 3.99. The lowest BCUT2D eigenvalue weighted by Gasteiger charge is -2.33. The van der Waals surface area contributed by atoms with Gasteiger partial charge in [-0.1, -0.05) is 53.2 Å². The van der Waals surface area contributed by atoms with Gasteiger partial charge in [0.2, 0.25) is 27.7 Å². The zero-order chi connectivity index (χ0) is 46.6. The Kier molecular flexibility index (Phi) is 13.2. The van der Waals surface area contributed by atoms with Crippen LogP contribution in [0, 0.1) is 29.1 Å². The summed E-state index contributed by atoms with van der Waals surface area (Å²) in [5, 5.41) is 4.36. The fourth-order valence-corrected chi connectivity index (χ4v) is 11.8. The van der Waals surface area contributed by atoms with Gasteiger partial charge in [0.1, 0.15) is 22.5 Å². The second kappa shape index (κ2) is 17.8. The molecule has 0 bridgehead atoms. The van der Waals surface area contributed by atoms with E-state index >= 15 is 4.79 Å². The molecule has 3 fully saturated rings. The fourth-order valence-electron chi connectivity index (χ4n) is 9.39. The molecule has 2 aliphatic heterocycles. The number of carbonyl (C=O) groups is 4. The third-order valence-corrected chi connectivity index (χ3v) is 16.8. The summed E-state index contributed by atoms with van der Waals surface area (Å²) in [6.45, 7) is 17.5. The molecule has 2 aromatic heterocycles. The van der Waals surface area contributed by atoms with Gasteiger partial charge in [0.05, 0.1) is 47.9 Å². The van der Waals surface area contributed by atoms with Crippen LogP contribution >= 0.6 is 11.3 Å². The number of nitrogens with zero attached hydrogens (tertiary/aromatic N) is 3. The molecule has 15 heteroatoms. The van der Waals surface area contributed by atoms with E-state index in [-0.39, 0.29) is 60.7 Å². The van der Waals surface area contributed by atoms with Gasteiger partial charge >= 0.3 is 5.97 Å². The Hall–Kier alpha value is -4.37. The van der Waals surface area contributed by atoms with Gasteiger partial charge in [-0.05, 0) is 102 Å². The molecule has 13 nitrogen and oxygen atoms in total. The van der Waals surface area contributed by atoms with E-state index in [1.54, 1.807) is 45.9 Å². The predicted molar refractivity (Wildman–Crippen MR) is 247 cm³/mol.